The molecule has 126 valence electrons. The molecular formula is C15H20N8O. The van der Waals surface area contributed by atoms with Crippen LogP contribution >= 0.6 is 0 Å². The molecule has 1 fully saturated rings. The van der Waals surface area contributed by atoms with Gasteiger partial charge in [0.25, 0.3) is 0 Å². The molecule has 0 bridgehead atoms. The molecule has 2 N–H and O–H groups in total. The number of fused-ring (bicyclic) bond motifs is 1. The molecule has 9 nitrogen and oxygen atoms in total. The number of anilines is 1. The van der Waals surface area contributed by atoms with Gasteiger partial charge in [0.05, 0.1) is 37.1 Å². The number of aromatic nitrogens is 6. The SMILES string of the molecule is CN1CCO[C@@H](CNc2ncnc3nc[nH]c23)[C@@H]1c1cncn1C. The summed E-state index contributed by atoms with van der Waals surface area (Å²) < 4.78 is 8.08. The maximum Gasteiger partial charge on any atom is 0.182 e. The van der Waals surface area contributed by atoms with E-state index in [1.54, 1.807) is 6.33 Å². The minimum absolute atomic E-state index is 0.00733. The predicted octanol–water partition coefficient (Wildman–Crippen LogP) is 0.570. The molecule has 0 spiro atoms. The fourth-order valence-corrected chi connectivity index (χ4v) is 3.20. The molecule has 0 unspecified atom stereocenters. The van der Waals surface area contributed by atoms with Gasteiger partial charge in [0.1, 0.15) is 11.8 Å². The lowest BCUT2D eigenvalue weighted by molar-refractivity contribution is -0.0578. The number of hydrogen-bond donors (Lipinski definition) is 2. The Bertz CT molecular complexity index is 828. The van der Waals surface area contributed by atoms with E-state index < -0.39 is 0 Å². The minimum Gasteiger partial charge on any atom is -0.373 e. The van der Waals surface area contributed by atoms with E-state index in [2.05, 4.69) is 42.2 Å². The van der Waals surface area contributed by atoms with Gasteiger partial charge in [-0.05, 0) is 7.05 Å². The Morgan fingerprint density at radius 1 is 1.33 bits per heavy atom. The van der Waals surface area contributed by atoms with Crippen LogP contribution in [0.15, 0.2) is 25.2 Å². The molecule has 3 aromatic heterocycles. The highest BCUT2D eigenvalue weighted by atomic mass is 16.5. The zero-order chi connectivity index (χ0) is 16.5. The van der Waals surface area contributed by atoms with Crippen LogP contribution in [-0.2, 0) is 11.8 Å². The smallest absolute Gasteiger partial charge is 0.182 e. The first-order valence-corrected chi connectivity index (χ1v) is 7.90. The summed E-state index contributed by atoms with van der Waals surface area (Å²) in [6.45, 7) is 2.23. The van der Waals surface area contributed by atoms with Crippen LogP contribution in [0.4, 0.5) is 5.82 Å². The Hall–Kier alpha value is -2.52. The molecule has 3 aromatic rings. The van der Waals surface area contributed by atoms with E-state index in [4.69, 9.17) is 4.74 Å². The van der Waals surface area contributed by atoms with Gasteiger partial charge in [0.15, 0.2) is 11.5 Å². The number of aromatic amines is 1. The van der Waals surface area contributed by atoms with Crippen LogP contribution in [0.2, 0.25) is 0 Å². The van der Waals surface area contributed by atoms with Crippen molar-refractivity contribution < 1.29 is 4.74 Å². The molecule has 2 atom stereocenters. The summed E-state index contributed by atoms with van der Waals surface area (Å²) in [5, 5.41) is 3.37. The van der Waals surface area contributed by atoms with Gasteiger partial charge >= 0.3 is 0 Å². The van der Waals surface area contributed by atoms with Gasteiger partial charge in [-0.15, -0.1) is 0 Å². The average molecular weight is 328 g/mol. The van der Waals surface area contributed by atoms with Gasteiger partial charge in [-0.2, -0.15) is 0 Å². The van der Waals surface area contributed by atoms with Crippen LogP contribution in [0.3, 0.4) is 0 Å². The summed E-state index contributed by atoms with van der Waals surface area (Å²) in [5.74, 6) is 0.734. The van der Waals surface area contributed by atoms with Crippen LogP contribution in [0, 0.1) is 0 Å². The second kappa shape index (κ2) is 6.17. The average Bonchev–Trinajstić information content (AvgIpc) is 3.22. The van der Waals surface area contributed by atoms with Crippen LogP contribution in [-0.4, -0.2) is 67.2 Å². The fraction of sp³-hybridized carbons (Fsp3) is 0.467. The Labute approximate surface area is 139 Å². The number of imidazole rings is 2. The van der Waals surface area contributed by atoms with Gasteiger partial charge in [-0.3, -0.25) is 4.90 Å². The van der Waals surface area contributed by atoms with Crippen molar-refractivity contribution in [3.63, 3.8) is 0 Å². The lowest BCUT2D eigenvalue weighted by Gasteiger charge is -2.39. The molecule has 0 aromatic carbocycles. The number of rotatable bonds is 4. The van der Waals surface area contributed by atoms with Gasteiger partial charge < -0.3 is 19.6 Å². The monoisotopic (exact) mass is 328 g/mol. The van der Waals surface area contributed by atoms with Crippen molar-refractivity contribution in [1.82, 2.24) is 34.4 Å². The summed E-state index contributed by atoms with van der Waals surface area (Å²) in [6, 6.07) is 0.137. The van der Waals surface area contributed by atoms with Crippen molar-refractivity contribution in [1.29, 1.82) is 0 Å². The van der Waals surface area contributed by atoms with Crippen molar-refractivity contribution in [3.8, 4) is 0 Å². The molecule has 9 heteroatoms. The third kappa shape index (κ3) is 2.61. The van der Waals surface area contributed by atoms with Crippen LogP contribution < -0.4 is 5.32 Å². The zero-order valence-corrected chi connectivity index (χ0v) is 13.7. The molecule has 0 saturated carbocycles. The van der Waals surface area contributed by atoms with E-state index in [0.717, 1.165) is 23.6 Å². The third-order valence-corrected chi connectivity index (χ3v) is 4.45. The second-order valence-corrected chi connectivity index (χ2v) is 5.97. The van der Waals surface area contributed by atoms with Gasteiger partial charge in [0, 0.05) is 26.3 Å². The molecule has 1 saturated heterocycles. The molecule has 0 radical (unpaired) electrons. The van der Waals surface area contributed by atoms with Crippen LogP contribution in [0.5, 0.6) is 0 Å². The fourth-order valence-electron chi connectivity index (χ4n) is 3.20. The Morgan fingerprint density at radius 2 is 2.25 bits per heavy atom. The Morgan fingerprint density at radius 3 is 3.08 bits per heavy atom. The van der Waals surface area contributed by atoms with Crippen LogP contribution in [0.25, 0.3) is 11.2 Å². The quantitative estimate of drug-likeness (QED) is 0.722. The topological polar surface area (TPSA) is 96.8 Å². The predicted molar refractivity (Wildman–Crippen MR) is 88.5 cm³/mol. The van der Waals surface area contributed by atoms with E-state index in [1.165, 1.54) is 6.33 Å². The first kappa shape index (κ1) is 15.0. The standard InChI is InChI=1S/C15H20N8O/c1-22-3-4-24-11(13(22)10-5-16-9-23(10)2)6-17-14-12-15(19-7-18-12)21-8-20-14/h5,7-9,11,13H,3-4,6H2,1-2H3,(H2,17,18,19,20,21)/t11-,13-/m0/s1. The molecule has 4 rings (SSSR count). The number of nitrogens with zero attached hydrogens (tertiary/aromatic N) is 6. The first-order chi connectivity index (χ1) is 11.7. The molecule has 4 heterocycles. The van der Waals surface area contributed by atoms with Gasteiger partial charge in [-0.25, -0.2) is 19.9 Å². The van der Waals surface area contributed by atoms with E-state index in [-0.39, 0.29) is 12.1 Å². The third-order valence-electron chi connectivity index (χ3n) is 4.45. The molecule has 1 aliphatic rings. The summed E-state index contributed by atoms with van der Waals surface area (Å²) in [5.41, 5.74) is 2.59. The largest absolute Gasteiger partial charge is 0.373 e. The summed E-state index contributed by atoms with van der Waals surface area (Å²) in [6.07, 6.45) is 6.85. The number of aryl methyl sites for hydroxylation is 1. The van der Waals surface area contributed by atoms with Gasteiger partial charge in [0.2, 0.25) is 0 Å². The Balaban J connectivity index is 1.56. The van der Waals surface area contributed by atoms with E-state index in [1.807, 2.05) is 24.1 Å². The maximum absolute atomic E-state index is 6.04. The number of morpholine rings is 1. The molecule has 0 aliphatic carbocycles. The van der Waals surface area contributed by atoms with Crippen molar-refractivity contribution in [2.45, 2.75) is 12.1 Å². The van der Waals surface area contributed by atoms with Crippen molar-refractivity contribution >= 4 is 17.0 Å². The highest BCUT2D eigenvalue weighted by molar-refractivity contribution is 5.81. The van der Waals surface area contributed by atoms with E-state index in [0.29, 0.717) is 18.8 Å². The van der Waals surface area contributed by atoms with E-state index >= 15 is 0 Å². The second-order valence-electron chi connectivity index (χ2n) is 5.97. The van der Waals surface area contributed by atoms with Crippen LogP contribution in [0.1, 0.15) is 11.7 Å². The van der Waals surface area contributed by atoms with E-state index in [9.17, 15) is 0 Å². The zero-order valence-electron chi connectivity index (χ0n) is 13.7. The number of nitrogens with one attached hydrogen (secondary N) is 2. The highest BCUT2D eigenvalue weighted by Gasteiger charge is 2.33. The summed E-state index contributed by atoms with van der Waals surface area (Å²) in [4.78, 5) is 22.2. The maximum atomic E-state index is 6.04. The molecule has 24 heavy (non-hydrogen) atoms. The van der Waals surface area contributed by atoms with Crippen molar-refractivity contribution in [2.75, 3.05) is 32.1 Å². The Kier molecular flexibility index (Phi) is 3.87. The molecule has 1 aliphatic heterocycles. The minimum atomic E-state index is -0.00733. The number of H-pyrrole nitrogens is 1. The normalized spacial score (nSPS) is 22.1. The van der Waals surface area contributed by atoms with Crippen molar-refractivity contribution in [2.24, 2.45) is 7.05 Å². The number of ether oxygens (including phenoxy) is 1. The lowest BCUT2D eigenvalue weighted by Crippen LogP contribution is -2.46. The molecular weight excluding hydrogens is 308 g/mol. The van der Waals surface area contributed by atoms with Gasteiger partial charge in [-0.1, -0.05) is 0 Å². The number of hydrogen-bond acceptors (Lipinski definition) is 7. The van der Waals surface area contributed by atoms with Crippen molar-refractivity contribution in [3.05, 3.63) is 30.9 Å². The molecule has 0 amide bonds. The summed E-state index contributed by atoms with van der Waals surface area (Å²) >= 11 is 0. The first-order valence-electron chi connectivity index (χ1n) is 7.90. The number of likely N-dealkylation sites (N-methyl/N-ethyl adjacent to an activating group) is 1. The summed E-state index contributed by atoms with van der Waals surface area (Å²) in [7, 11) is 4.12. The lowest BCUT2D eigenvalue weighted by atomic mass is 10.0. The highest BCUT2D eigenvalue weighted by Crippen LogP contribution is 2.28.